The lowest BCUT2D eigenvalue weighted by Crippen LogP contribution is -2.37. The van der Waals surface area contributed by atoms with Gasteiger partial charge >= 0.3 is 0 Å². The van der Waals surface area contributed by atoms with Crippen molar-refractivity contribution in [1.29, 1.82) is 0 Å². The molecule has 2 aromatic rings. The van der Waals surface area contributed by atoms with Gasteiger partial charge in [-0.1, -0.05) is 6.07 Å². The Morgan fingerprint density at radius 1 is 1.43 bits per heavy atom. The van der Waals surface area contributed by atoms with Gasteiger partial charge in [-0.3, -0.25) is 14.5 Å². The average molecular weight is 285 g/mol. The van der Waals surface area contributed by atoms with Gasteiger partial charge in [0.2, 0.25) is 5.91 Å². The van der Waals surface area contributed by atoms with Crippen LogP contribution in [-0.4, -0.2) is 39.2 Å². The summed E-state index contributed by atoms with van der Waals surface area (Å²) in [5, 5.41) is 7.66. The van der Waals surface area contributed by atoms with Gasteiger partial charge in [-0.15, -0.1) is 0 Å². The number of carbonyl (C=O) groups is 1. The Hall–Kier alpha value is -2.21. The number of hydrogen-bond donors (Lipinski definition) is 1. The number of fused-ring (bicyclic) bond motifs is 1. The molecule has 1 amide bonds. The standard InChI is InChI=1S/C15H19N5O/c1-19(11-12-4-2-3-6-17-12)15(21)8-14-10-16-9-13-5-7-18-20(13)14/h2-7,14,16H,8-11H2,1H3. The van der Waals surface area contributed by atoms with Crippen LogP contribution in [0.15, 0.2) is 36.7 Å². The fourth-order valence-electron chi connectivity index (χ4n) is 2.60. The largest absolute Gasteiger partial charge is 0.340 e. The fraction of sp³-hybridized carbons (Fsp3) is 0.400. The summed E-state index contributed by atoms with van der Waals surface area (Å²) in [6.07, 6.45) is 3.98. The number of hydrogen-bond acceptors (Lipinski definition) is 4. The average Bonchev–Trinajstić information content (AvgIpc) is 2.98. The molecule has 2 aromatic heterocycles. The third-order valence-electron chi connectivity index (χ3n) is 3.75. The normalized spacial score (nSPS) is 17.3. The third kappa shape index (κ3) is 3.11. The summed E-state index contributed by atoms with van der Waals surface area (Å²) < 4.78 is 1.96. The Morgan fingerprint density at radius 2 is 2.33 bits per heavy atom. The molecule has 0 aromatic carbocycles. The number of rotatable bonds is 4. The maximum absolute atomic E-state index is 12.4. The second-order valence-electron chi connectivity index (χ2n) is 5.33. The van der Waals surface area contributed by atoms with Crippen molar-refractivity contribution >= 4 is 5.91 Å². The summed E-state index contributed by atoms with van der Waals surface area (Å²) >= 11 is 0. The van der Waals surface area contributed by atoms with Crippen molar-refractivity contribution in [2.45, 2.75) is 25.6 Å². The van der Waals surface area contributed by atoms with E-state index in [-0.39, 0.29) is 11.9 Å². The molecular weight excluding hydrogens is 266 g/mol. The minimum absolute atomic E-state index is 0.0856. The van der Waals surface area contributed by atoms with Crippen molar-refractivity contribution in [3.05, 3.63) is 48.0 Å². The molecule has 6 heteroatoms. The van der Waals surface area contributed by atoms with Crippen LogP contribution < -0.4 is 5.32 Å². The quantitative estimate of drug-likeness (QED) is 0.909. The van der Waals surface area contributed by atoms with E-state index in [0.29, 0.717) is 13.0 Å². The zero-order valence-corrected chi connectivity index (χ0v) is 12.1. The molecule has 1 aliphatic heterocycles. The maximum Gasteiger partial charge on any atom is 0.224 e. The molecule has 110 valence electrons. The number of carbonyl (C=O) groups excluding carboxylic acids is 1. The van der Waals surface area contributed by atoms with E-state index >= 15 is 0 Å². The first-order valence-electron chi connectivity index (χ1n) is 7.11. The highest BCUT2D eigenvalue weighted by molar-refractivity contribution is 5.76. The molecule has 1 aliphatic rings. The van der Waals surface area contributed by atoms with Gasteiger partial charge in [0.05, 0.1) is 30.4 Å². The van der Waals surface area contributed by atoms with Crippen LogP contribution in [0.1, 0.15) is 23.9 Å². The molecular formula is C15H19N5O. The first-order chi connectivity index (χ1) is 10.2. The van der Waals surface area contributed by atoms with Crippen molar-refractivity contribution in [2.75, 3.05) is 13.6 Å². The second-order valence-corrected chi connectivity index (χ2v) is 5.33. The van der Waals surface area contributed by atoms with Crippen molar-refractivity contribution < 1.29 is 4.79 Å². The summed E-state index contributed by atoms with van der Waals surface area (Å²) in [7, 11) is 1.82. The van der Waals surface area contributed by atoms with Gasteiger partial charge in [0.15, 0.2) is 0 Å². The molecule has 0 fully saturated rings. The van der Waals surface area contributed by atoms with E-state index in [1.165, 1.54) is 0 Å². The molecule has 0 radical (unpaired) electrons. The Bertz CT molecular complexity index is 610. The SMILES string of the molecule is CN(Cc1ccccn1)C(=O)CC1CNCc2ccnn21. The molecule has 1 N–H and O–H groups in total. The molecule has 3 rings (SSSR count). The first-order valence-corrected chi connectivity index (χ1v) is 7.11. The summed E-state index contributed by atoms with van der Waals surface area (Å²) in [4.78, 5) is 18.4. The van der Waals surface area contributed by atoms with Gasteiger partial charge < -0.3 is 10.2 Å². The molecule has 21 heavy (non-hydrogen) atoms. The zero-order valence-electron chi connectivity index (χ0n) is 12.1. The van der Waals surface area contributed by atoms with Crippen molar-refractivity contribution in [1.82, 2.24) is 25.0 Å². The highest BCUT2D eigenvalue weighted by atomic mass is 16.2. The lowest BCUT2D eigenvalue weighted by Gasteiger charge is -2.27. The predicted molar refractivity (Wildman–Crippen MR) is 78.3 cm³/mol. The molecule has 0 aliphatic carbocycles. The number of nitrogens with zero attached hydrogens (tertiary/aromatic N) is 4. The van der Waals surface area contributed by atoms with Gasteiger partial charge in [0.1, 0.15) is 0 Å². The topological polar surface area (TPSA) is 63.1 Å². The molecule has 1 atom stereocenters. The zero-order chi connectivity index (χ0) is 14.7. The molecule has 0 bridgehead atoms. The van der Waals surface area contributed by atoms with Gasteiger partial charge in [0, 0.05) is 32.5 Å². The number of aromatic nitrogens is 3. The van der Waals surface area contributed by atoms with Crippen LogP contribution in [0.4, 0.5) is 0 Å². The summed E-state index contributed by atoms with van der Waals surface area (Å²) in [6.45, 7) is 2.12. The minimum Gasteiger partial charge on any atom is -0.340 e. The van der Waals surface area contributed by atoms with Crippen molar-refractivity contribution in [3.8, 4) is 0 Å². The Labute approximate surface area is 123 Å². The predicted octanol–water partition coefficient (Wildman–Crippen LogP) is 0.971. The van der Waals surface area contributed by atoms with Crippen molar-refractivity contribution in [2.24, 2.45) is 0 Å². The lowest BCUT2D eigenvalue weighted by molar-refractivity contribution is -0.131. The van der Waals surface area contributed by atoms with E-state index in [1.807, 2.05) is 36.0 Å². The highest BCUT2D eigenvalue weighted by Gasteiger charge is 2.23. The second kappa shape index (κ2) is 6.05. The van der Waals surface area contributed by atoms with E-state index in [1.54, 1.807) is 17.3 Å². The highest BCUT2D eigenvalue weighted by Crippen LogP contribution is 2.18. The van der Waals surface area contributed by atoms with E-state index in [0.717, 1.165) is 24.5 Å². The molecule has 0 saturated heterocycles. The van der Waals surface area contributed by atoms with Gasteiger partial charge in [-0.2, -0.15) is 5.10 Å². The fourth-order valence-corrected chi connectivity index (χ4v) is 2.60. The number of nitrogens with one attached hydrogen (secondary N) is 1. The van der Waals surface area contributed by atoms with Gasteiger partial charge in [0.25, 0.3) is 0 Å². The summed E-state index contributed by atoms with van der Waals surface area (Å²) in [5.41, 5.74) is 2.03. The molecule has 0 saturated carbocycles. The maximum atomic E-state index is 12.4. The Kier molecular flexibility index (Phi) is 3.96. The van der Waals surface area contributed by atoms with Gasteiger partial charge in [-0.05, 0) is 18.2 Å². The Morgan fingerprint density at radius 3 is 3.14 bits per heavy atom. The van der Waals surface area contributed by atoms with E-state index in [2.05, 4.69) is 15.4 Å². The van der Waals surface area contributed by atoms with Crippen LogP contribution >= 0.6 is 0 Å². The molecule has 3 heterocycles. The van der Waals surface area contributed by atoms with E-state index in [9.17, 15) is 4.79 Å². The minimum atomic E-state index is 0.0856. The van der Waals surface area contributed by atoms with E-state index < -0.39 is 0 Å². The third-order valence-corrected chi connectivity index (χ3v) is 3.75. The van der Waals surface area contributed by atoms with Gasteiger partial charge in [-0.25, -0.2) is 0 Å². The summed E-state index contributed by atoms with van der Waals surface area (Å²) in [6, 6.07) is 7.81. The van der Waals surface area contributed by atoms with Crippen LogP contribution in [0.3, 0.4) is 0 Å². The lowest BCUT2D eigenvalue weighted by atomic mass is 10.1. The van der Waals surface area contributed by atoms with Crippen LogP contribution in [0.2, 0.25) is 0 Å². The van der Waals surface area contributed by atoms with Crippen molar-refractivity contribution in [3.63, 3.8) is 0 Å². The van der Waals surface area contributed by atoms with Crippen LogP contribution in [-0.2, 0) is 17.9 Å². The Balaban J connectivity index is 1.62. The van der Waals surface area contributed by atoms with Crippen LogP contribution in [0.25, 0.3) is 0 Å². The van der Waals surface area contributed by atoms with E-state index in [4.69, 9.17) is 0 Å². The van der Waals surface area contributed by atoms with Crippen LogP contribution in [0, 0.1) is 0 Å². The number of pyridine rings is 1. The molecule has 6 nitrogen and oxygen atoms in total. The number of amides is 1. The van der Waals surface area contributed by atoms with Crippen LogP contribution in [0.5, 0.6) is 0 Å². The smallest absolute Gasteiger partial charge is 0.224 e. The summed E-state index contributed by atoms with van der Waals surface area (Å²) in [5.74, 6) is 0.107. The molecule has 1 unspecified atom stereocenters. The molecule has 0 spiro atoms. The first kappa shape index (κ1) is 13.8. The monoisotopic (exact) mass is 285 g/mol.